The molecule has 0 saturated carbocycles. The van der Waals surface area contributed by atoms with E-state index in [-0.39, 0.29) is 37.8 Å². The number of morpholine rings is 1. The van der Waals surface area contributed by atoms with Crippen molar-refractivity contribution in [3.05, 3.63) is 124 Å². The first-order chi connectivity index (χ1) is 37.2. The molecule has 404 valence electrons. The number of hydrogen-bond acceptors (Lipinski definition) is 13. The van der Waals surface area contributed by atoms with Crippen LogP contribution in [0.1, 0.15) is 47.3 Å². The number of carbonyl (C=O) groups excluding carboxylic acids is 1. The first-order valence-electron chi connectivity index (χ1n) is 26.7. The molecule has 4 aromatic heterocycles. The zero-order valence-corrected chi connectivity index (χ0v) is 45.2. The number of thiophene rings is 1. The van der Waals surface area contributed by atoms with Gasteiger partial charge in [0.1, 0.15) is 18.2 Å². The van der Waals surface area contributed by atoms with E-state index in [1.165, 1.54) is 49.4 Å². The Balaban J connectivity index is 0.590. The number of halogens is 1. The van der Waals surface area contributed by atoms with Crippen LogP contribution in [0.2, 0.25) is 0 Å². The molecule has 0 aliphatic carbocycles. The highest BCUT2D eigenvalue weighted by atomic mass is 32.1. The van der Waals surface area contributed by atoms with Gasteiger partial charge in [-0.3, -0.25) is 9.69 Å². The van der Waals surface area contributed by atoms with Gasteiger partial charge in [-0.05, 0) is 116 Å². The van der Waals surface area contributed by atoms with E-state index in [1.807, 2.05) is 19.9 Å². The maximum absolute atomic E-state index is 15.3. The van der Waals surface area contributed by atoms with E-state index in [0.29, 0.717) is 59.1 Å². The van der Waals surface area contributed by atoms with Crippen LogP contribution in [0.15, 0.2) is 88.8 Å². The summed E-state index contributed by atoms with van der Waals surface area (Å²) in [6.07, 6.45) is 1.44. The number of imidazole rings is 1. The number of hydrogen-bond donors (Lipinski definition) is 2. The number of rotatable bonds is 30. The molecule has 1 fully saturated rings. The Morgan fingerprint density at radius 1 is 0.724 bits per heavy atom. The maximum atomic E-state index is 15.3. The molecule has 8 aromatic rings. The van der Waals surface area contributed by atoms with E-state index in [1.54, 1.807) is 17.4 Å². The summed E-state index contributed by atoms with van der Waals surface area (Å²) >= 11 is 1.80. The molecule has 4 aromatic carbocycles. The van der Waals surface area contributed by atoms with Gasteiger partial charge in [0.15, 0.2) is 11.6 Å². The molecule has 2 N–H and O–H groups in total. The van der Waals surface area contributed by atoms with Gasteiger partial charge < -0.3 is 52.7 Å². The number of fused-ring (bicyclic) bond motifs is 4. The van der Waals surface area contributed by atoms with Crippen LogP contribution in [-0.4, -0.2) is 135 Å². The van der Waals surface area contributed by atoms with E-state index in [9.17, 15) is 4.79 Å². The number of amides is 1. The van der Waals surface area contributed by atoms with Gasteiger partial charge in [-0.2, -0.15) is 0 Å². The van der Waals surface area contributed by atoms with Crippen molar-refractivity contribution in [2.45, 2.75) is 66.6 Å². The third-order valence-electron chi connectivity index (χ3n) is 13.8. The Morgan fingerprint density at radius 2 is 1.47 bits per heavy atom. The average molecular weight is 1060 g/mol. The topological polar surface area (TPSA) is 149 Å². The van der Waals surface area contributed by atoms with Gasteiger partial charge in [0, 0.05) is 90.9 Å². The smallest absolute Gasteiger partial charge is 0.222 e. The third-order valence-corrected chi connectivity index (χ3v) is 14.9. The summed E-state index contributed by atoms with van der Waals surface area (Å²) in [7, 11) is 0. The number of nitrogens with one attached hydrogen (secondary N) is 2. The number of ether oxygens (including phenoxy) is 6. The van der Waals surface area contributed by atoms with Crippen LogP contribution in [0.25, 0.3) is 54.4 Å². The van der Waals surface area contributed by atoms with Crippen molar-refractivity contribution in [3.63, 3.8) is 0 Å². The number of benzene rings is 4. The first kappa shape index (κ1) is 54.8. The van der Waals surface area contributed by atoms with Gasteiger partial charge in [-0.25, -0.2) is 9.37 Å². The molecule has 1 aliphatic heterocycles. The Morgan fingerprint density at radius 3 is 2.21 bits per heavy atom. The lowest BCUT2D eigenvalue weighted by molar-refractivity contribution is -0.122. The van der Waals surface area contributed by atoms with Crippen LogP contribution in [0, 0.1) is 26.6 Å². The summed E-state index contributed by atoms with van der Waals surface area (Å²) in [5.41, 5.74) is 12.0. The van der Waals surface area contributed by atoms with Crippen LogP contribution >= 0.6 is 11.3 Å². The van der Waals surface area contributed by atoms with E-state index in [2.05, 4.69) is 110 Å². The predicted molar refractivity (Wildman–Crippen MR) is 297 cm³/mol. The summed E-state index contributed by atoms with van der Waals surface area (Å²) in [5, 5.41) is 15.2. The number of carbonyl (C=O) groups is 1. The van der Waals surface area contributed by atoms with Crippen molar-refractivity contribution in [1.82, 2.24) is 34.8 Å². The van der Waals surface area contributed by atoms with Gasteiger partial charge in [-0.1, -0.05) is 35.5 Å². The second-order valence-electron chi connectivity index (χ2n) is 19.2. The minimum absolute atomic E-state index is 0.133. The molecule has 9 rings (SSSR count). The van der Waals surface area contributed by atoms with Gasteiger partial charge in [0.05, 0.1) is 89.3 Å². The van der Waals surface area contributed by atoms with Crippen molar-refractivity contribution >= 4 is 50.1 Å². The standard InChI is InChI=1S/C59H72FN7O8S/c1-5-66-52-12-6-45(35-49(52)48-11-9-46(38-54(48)66)56-34-41(2)40-76-56)39-61-17-24-70-29-31-73-33-32-72-30-28-69-23-16-58(68)62-18-25-74-55-14-7-44(36-50(55)60)8-15-57-63-51-37-47(59-42(3)64-75-43(59)4)10-13-53(51)67(57)20-19-65-21-26-71-27-22-65/h6-7,9-14,34-38,40,61H,5,8,15-33,39H2,1-4H3,(H,62,68). The Labute approximate surface area is 448 Å². The Bertz CT molecular complexity index is 3140. The molecule has 0 atom stereocenters. The van der Waals surface area contributed by atoms with Gasteiger partial charge in [-0.15, -0.1) is 11.3 Å². The predicted octanol–water partition coefficient (Wildman–Crippen LogP) is 9.47. The lowest BCUT2D eigenvalue weighted by atomic mass is 10.0. The largest absolute Gasteiger partial charge is 0.489 e. The number of aryl methyl sites for hydroxylation is 6. The second kappa shape index (κ2) is 27.3. The van der Waals surface area contributed by atoms with Crippen LogP contribution in [0.4, 0.5) is 4.39 Å². The first-order valence-corrected chi connectivity index (χ1v) is 27.6. The normalized spacial score (nSPS) is 13.2. The molecule has 0 unspecified atom stereocenters. The van der Waals surface area contributed by atoms with Crippen LogP contribution in [-0.2, 0) is 61.0 Å². The molecule has 0 bridgehead atoms. The summed E-state index contributed by atoms with van der Waals surface area (Å²) in [6.45, 7) is 19.6. The molecule has 5 heterocycles. The molecular formula is C59H72FN7O8S. The van der Waals surface area contributed by atoms with Crippen LogP contribution in [0.5, 0.6) is 5.75 Å². The summed E-state index contributed by atoms with van der Waals surface area (Å²) in [5.74, 6) is 1.25. The molecule has 0 spiro atoms. The number of nitrogens with zero attached hydrogens (tertiary/aromatic N) is 5. The van der Waals surface area contributed by atoms with Crippen molar-refractivity contribution in [1.29, 1.82) is 0 Å². The second-order valence-corrected chi connectivity index (χ2v) is 20.1. The Hall–Kier alpha value is -6.02. The van der Waals surface area contributed by atoms with E-state index in [4.69, 9.17) is 37.9 Å². The van der Waals surface area contributed by atoms with Crippen LogP contribution < -0.4 is 15.4 Å². The molecular weight excluding hydrogens is 986 g/mol. The fraction of sp³-hybridized carbons (Fsp3) is 0.441. The lowest BCUT2D eigenvalue weighted by Gasteiger charge is -2.27. The summed E-state index contributed by atoms with van der Waals surface area (Å²) < 4.78 is 59.2. The zero-order chi connectivity index (χ0) is 52.6. The minimum atomic E-state index is -0.443. The number of aromatic nitrogens is 4. The van der Waals surface area contributed by atoms with Gasteiger partial charge in [0.25, 0.3) is 0 Å². The molecule has 0 radical (unpaired) electrons. The third kappa shape index (κ3) is 14.3. The van der Waals surface area contributed by atoms with Crippen molar-refractivity contribution in [2.75, 3.05) is 105 Å². The van der Waals surface area contributed by atoms with Crippen LogP contribution in [0.3, 0.4) is 0 Å². The van der Waals surface area contributed by atoms with E-state index < -0.39 is 5.82 Å². The highest BCUT2D eigenvalue weighted by Gasteiger charge is 2.19. The average Bonchev–Trinajstić information content (AvgIpc) is 4.24. The van der Waals surface area contributed by atoms with Crippen molar-refractivity contribution in [3.8, 4) is 27.3 Å². The Kier molecular flexibility index (Phi) is 19.7. The monoisotopic (exact) mass is 1060 g/mol. The molecule has 76 heavy (non-hydrogen) atoms. The highest BCUT2D eigenvalue weighted by Crippen LogP contribution is 2.35. The van der Waals surface area contributed by atoms with E-state index >= 15 is 4.39 Å². The zero-order valence-electron chi connectivity index (χ0n) is 44.4. The van der Waals surface area contributed by atoms with Crippen molar-refractivity contribution in [2.24, 2.45) is 0 Å². The fourth-order valence-corrected chi connectivity index (χ4v) is 10.8. The van der Waals surface area contributed by atoms with Crippen molar-refractivity contribution < 1.29 is 42.1 Å². The minimum Gasteiger partial charge on any atom is -0.489 e. The maximum Gasteiger partial charge on any atom is 0.222 e. The lowest BCUT2D eigenvalue weighted by Crippen LogP contribution is -2.38. The quantitative estimate of drug-likeness (QED) is 0.0414. The van der Waals surface area contributed by atoms with Gasteiger partial charge in [0.2, 0.25) is 5.91 Å². The molecule has 1 amide bonds. The SMILES string of the molecule is CCn1c2ccc(CNCCOCCOCCOCCOCCC(=O)NCCOc3ccc(CCc4nc5cc(-c6c(C)noc6C)ccc5n4CCN4CCOCC4)cc3F)cc2c2ccc(-c3cc(C)cs3)cc21. The van der Waals surface area contributed by atoms with E-state index in [0.717, 1.165) is 104 Å². The molecule has 15 nitrogen and oxygen atoms in total. The molecule has 1 aliphatic rings. The molecule has 17 heteroatoms. The fourth-order valence-electron chi connectivity index (χ4n) is 9.89. The summed E-state index contributed by atoms with van der Waals surface area (Å²) in [6, 6.07) is 27.3. The summed E-state index contributed by atoms with van der Waals surface area (Å²) in [4.78, 5) is 21.2. The van der Waals surface area contributed by atoms with Gasteiger partial charge >= 0.3 is 0 Å². The molecule has 1 saturated heterocycles. The highest BCUT2D eigenvalue weighted by molar-refractivity contribution is 7.13.